The predicted molar refractivity (Wildman–Crippen MR) is 81.4 cm³/mol. The largest absolute Gasteiger partial charge is 0.379 e. The molecule has 2 N–H and O–H groups in total. The van der Waals surface area contributed by atoms with E-state index < -0.39 is 0 Å². The second kappa shape index (κ2) is 7.40. The molecular weight excluding hydrogens is 254 g/mol. The highest BCUT2D eigenvalue weighted by molar-refractivity contribution is 5.58. The van der Waals surface area contributed by atoms with Gasteiger partial charge in [0.05, 0.1) is 13.2 Å². The molecule has 0 aromatic carbocycles. The van der Waals surface area contributed by atoms with E-state index in [0.717, 1.165) is 56.6 Å². The number of rotatable bonds is 6. The Hall–Kier alpha value is -1.40. The lowest BCUT2D eigenvalue weighted by Crippen LogP contribution is -2.39. The number of morpholine rings is 1. The Bertz CT molecular complexity index is 418. The highest BCUT2D eigenvalue weighted by Crippen LogP contribution is 2.27. The van der Waals surface area contributed by atoms with Gasteiger partial charge in [0, 0.05) is 38.8 Å². The molecule has 0 unspecified atom stereocenters. The second-order valence-corrected chi connectivity index (χ2v) is 5.27. The highest BCUT2D eigenvalue weighted by Gasteiger charge is 2.14. The lowest BCUT2D eigenvalue weighted by Gasteiger charge is -2.26. The van der Waals surface area contributed by atoms with Gasteiger partial charge in [-0.2, -0.15) is 0 Å². The fraction of sp³-hybridized carbons (Fsp3) is 0.714. The van der Waals surface area contributed by atoms with Crippen LogP contribution in [0.5, 0.6) is 0 Å². The minimum absolute atomic E-state index is 0.379. The van der Waals surface area contributed by atoms with Crippen LogP contribution in [-0.2, 0) is 4.74 Å². The monoisotopic (exact) mass is 279 g/mol. The van der Waals surface area contributed by atoms with Crippen molar-refractivity contribution < 1.29 is 4.74 Å². The van der Waals surface area contributed by atoms with Crippen LogP contribution in [0, 0.1) is 0 Å². The minimum Gasteiger partial charge on any atom is -0.379 e. The van der Waals surface area contributed by atoms with Gasteiger partial charge >= 0.3 is 0 Å². The summed E-state index contributed by atoms with van der Waals surface area (Å²) in [7, 11) is 1.89. The fourth-order valence-corrected chi connectivity index (χ4v) is 2.44. The topological polar surface area (TPSA) is 62.3 Å². The van der Waals surface area contributed by atoms with Crippen LogP contribution >= 0.6 is 0 Å². The van der Waals surface area contributed by atoms with Crippen molar-refractivity contribution in [2.24, 2.45) is 0 Å². The van der Waals surface area contributed by atoms with Gasteiger partial charge in [0.2, 0.25) is 0 Å². The van der Waals surface area contributed by atoms with Crippen molar-refractivity contribution in [3.8, 4) is 0 Å². The van der Waals surface area contributed by atoms with Crippen LogP contribution in [0.25, 0.3) is 0 Å². The van der Waals surface area contributed by atoms with Crippen molar-refractivity contribution >= 4 is 11.6 Å². The van der Waals surface area contributed by atoms with E-state index >= 15 is 0 Å². The van der Waals surface area contributed by atoms with Crippen molar-refractivity contribution in [2.45, 2.75) is 19.8 Å². The average Bonchev–Trinajstić information content (AvgIpc) is 2.47. The molecule has 1 saturated heterocycles. The summed E-state index contributed by atoms with van der Waals surface area (Å²) in [5.74, 6) is 2.22. The molecule has 0 radical (unpaired) electrons. The number of aromatic nitrogens is 2. The van der Waals surface area contributed by atoms with Crippen molar-refractivity contribution in [2.75, 3.05) is 57.1 Å². The maximum absolute atomic E-state index is 5.35. The number of hydrogen-bond donors (Lipinski definition) is 2. The van der Waals surface area contributed by atoms with Crippen LogP contribution in [-0.4, -0.2) is 61.3 Å². The molecule has 1 aliphatic rings. The summed E-state index contributed by atoms with van der Waals surface area (Å²) in [6.45, 7) is 9.94. The zero-order valence-electron chi connectivity index (χ0n) is 12.6. The number of nitrogens with one attached hydrogen (secondary N) is 2. The number of anilines is 2. The first-order valence-electron chi connectivity index (χ1n) is 7.29. The first kappa shape index (κ1) is 15.0. The Labute approximate surface area is 120 Å². The molecule has 2 rings (SSSR count). The third-order valence-electron chi connectivity index (χ3n) is 3.52. The molecule has 20 heavy (non-hydrogen) atoms. The van der Waals surface area contributed by atoms with Crippen LogP contribution in [0.2, 0.25) is 0 Å². The van der Waals surface area contributed by atoms with E-state index in [1.54, 1.807) is 6.33 Å². The van der Waals surface area contributed by atoms with E-state index in [-0.39, 0.29) is 0 Å². The molecule has 0 atom stereocenters. The second-order valence-electron chi connectivity index (χ2n) is 5.27. The van der Waals surface area contributed by atoms with Gasteiger partial charge in [-0.15, -0.1) is 0 Å². The quantitative estimate of drug-likeness (QED) is 0.820. The van der Waals surface area contributed by atoms with Crippen molar-refractivity contribution in [3.63, 3.8) is 0 Å². The SMILES string of the molecule is CNc1ncnc(NCCN2CCOCC2)c1C(C)C. The average molecular weight is 279 g/mol. The summed E-state index contributed by atoms with van der Waals surface area (Å²) in [6, 6.07) is 0. The van der Waals surface area contributed by atoms with Crippen LogP contribution in [0.3, 0.4) is 0 Å². The lowest BCUT2D eigenvalue weighted by atomic mass is 10.0. The number of hydrogen-bond acceptors (Lipinski definition) is 6. The van der Waals surface area contributed by atoms with Crippen LogP contribution in [0.4, 0.5) is 11.6 Å². The van der Waals surface area contributed by atoms with Gasteiger partial charge in [0.15, 0.2) is 0 Å². The molecule has 6 nitrogen and oxygen atoms in total. The predicted octanol–water partition coefficient (Wildman–Crippen LogP) is 1.39. The molecule has 1 fully saturated rings. The van der Waals surface area contributed by atoms with E-state index in [1.165, 1.54) is 0 Å². The Kier molecular flexibility index (Phi) is 5.55. The Morgan fingerprint density at radius 2 is 1.95 bits per heavy atom. The standard InChI is InChI=1S/C14H25N5O/c1-11(2)12-13(15-3)17-10-18-14(12)16-4-5-19-6-8-20-9-7-19/h10-11H,4-9H2,1-3H3,(H2,15,16,17,18). The molecule has 0 amide bonds. The van der Waals surface area contributed by atoms with Crippen LogP contribution < -0.4 is 10.6 Å². The minimum atomic E-state index is 0.379. The van der Waals surface area contributed by atoms with Gasteiger partial charge in [-0.3, -0.25) is 4.90 Å². The van der Waals surface area contributed by atoms with Gasteiger partial charge in [-0.1, -0.05) is 13.8 Å². The molecule has 0 bridgehead atoms. The molecular formula is C14H25N5O. The Morgan fingerprint density at radius 1 is 1.25 bits per heavy atom. The third-order valence-corrected chi connectivity index (χ3v) is 3.52. The molecule has 1 aromatic rings. The number of nitrogens with zero attached hydrogens (tertiary/aromatic N) is 3. The zero-order valence-corrected chi connectivity index (χ0v) is 12.6. The van der Waals surface area contributed by atoms with Gasteiger partial charge < -0.3 is 15.4 Å². The lowest BCUT2D eigenvalue weighted by molar-refractivity contribution is 0.0398. The van der Waals surface area contributed by atoms with E-state index in [9.17, 15) is 0 Å². The first-order chi connectivity index (χ1) is 9.72. The first-order valence-corrected chi connectivity index (χ1v) is 7.29. The maximum Gasteiger partial charge on any atom is 0.135 e. The summed E-state index contributed by atoms with van der Waals surface area (Å²) >= 11 is 0. The Balaban J connectivity index is 1.94. The molecule has 1 aromatic heterocycles. The summed E-state index contributed by atoms with van der Waals surface area (Å²) in [6.07, 6.45) is 1.61. The number of ether oxygens (including phenoxy) is 1. The van der Waals surface area contributed by atoms with Gasteiger partial charge in [-0.25, -0.2) is 9.97 Å². The summed E-state index contributed by atoms with van der Waals surface area (Å²) < 4.78 is 5.35. The summed E-state index contributed by atoms with van der Waals surface area (Å²) in [4.78, 5) is 11.1. The molecule has 0 saturated carbocycles. The molecule has 112 valence electrons. The Morgan fingerprint density at radius 3 is 2.60 bits per heavy atom. The van der Waals surface area contributed by atoms with Crippen LogP contribution in [0.1, 0.15) is 25.3 Å². The molecule has 0 aliphatic carbocycles. The van der Waals surface area contributed by atoms with E-state index in [0.29, 0.717) is 5.92 Å². The summed E-state index contributed by atoms with van der Waals surface area (Å²) in [5.41, 5.74) is 1.15. The zero-order chi connectivity index (χ0) is 14.4. The molecule has 6 heteroatoms. The fourth-order valence-electron chi connectivity index (χ4n) is 2.44. The van der Waals surface area contributed by atoms with E-state index in [1.807, 2.05) is 7.05 Å². The highest BCUT2D eigenvalue weighted by atomic mass is 16.5. The van der Waals surface area contributed by atoms with E-state index in [4.69, 9.17) is 4.74 Å². The van der Waals surface area contributed by atoms with Crippen molar-refractivity contribution in [1.29, 1.82) is 0 Å². The maximum atomic E-state index is 5.35. The van der Waals surface area contributed by atoms with Crippen molar-refractivity contribution in [1.82, 2.24) is 14.9 Å². The normalized spacial score (nSPS) is 16.4. The van der Waals surface area contributed by atoms with Gasteiger partial charge in [-0.05, 0) is 5.92 Å². The third kappa shape index (κ3) is 3.80. The smallest absolute Gasteiger partial charge is 0.135 e. The van der Waals surface area contributed by atoms with E-state index in [2.05, 4.69) is 39.3 Å². The van der Waals surface area contributed by atoms with Crippen molar-refractivity contribution in [3.05, 3.63) is 11.9 Å². The molecule has 1 aliphatic heterocycles. The summed E-state index contributed by atoms with van der Waals surface area (Å²) in [5, 5.41) is 6.58. The molecule has 2 heterocycles. The van der Waals surface area contributed by atoms with Gasteiger partial charge in [0.1, 0.15) is 18.0 Å². The van der Waals surface area contributed by atoms with Gasteiger partial charge in [0.25, 0.3) is 0 Å². The molecule has 0 spiro atoms. The van der Waals surface area contributed by atoms with Crippen LogP contribution in [0.15, 0.2) is 6.33 Å².